The van der Waals surface area contributed by atoms with Crippen LogP contribution < -0.4 is 5.01 Å². The summed E-state index contributed by atoms with van der Waals surface area (Å²) in [7, 11) is 2.14. The lowest BCUT2D eigenvalue weighted by molar-refractivity contribution is 0.135. The van der Waals surface area contributed by atoms with Gasteiger partial charge in [-0.05, 0) is 38.9 Å². The number of aliphatic hydroxyl groups is 1. The number of anilines is 2. The molecular formula is C25H33FN8O. The van der Waals surface area contributed by atoms with E-state index >= 15 is 0 Å². The maximum atomic E-state index is 14.7. The Bertz CT molecular complexity index is 1150. The molecule has 186 valence electrons. The lowest BCUT2D eigenvalue weighted by atomic mass is 10.1. The van der Waals surface area contributed by atoms with Crippen LogP contribution in [0.3, 0.4) is 0 Å². The second kappa shape index (κ2) is 10.4. The number of aliphatic hydroxyl groups excluding tert-OH is 1. The number of rotatable bonds is 6. The third-order valence-electron chi connectivity index (χ3n) is 6.80. The third-order valence-corrected chi connectivity index (χ3v) is 6.80. The van der Waals surface area contributed by atoms with Crippen LogP contribution in [0.2, 0.25) is 0 Å². The van der Waals surface area contributed by atoms with Crippen molar-refractivity contribution in [2.45, 2.75) is 38.6 Å². The second-order valence-corrected chi connectivity index (χ2v) is 9.54. The van der Waals surface area contributed by atoms with E-state index in [4.69, 9.17) is 9.97 Å². The number of halogens is 1. The zero-order valence-corrected chi connectivity index (χ0v) is 20.4. The molecule has 2 aliphatic heterocycles. The number of piperidine rings is 1. The highest BCUT2D eigenvalue weighted by Gasteiger charge is 2.31. The summed E-state index contributed by atoms with van der Waals surface area (Å²) < 4.78 is 14.7. The molecule has 0 bridgehead atoms. The van der Waals surface area contributed by atoms with Gasteiger partial charge in [0.15, 0.2) is 11.6 Å². The van der Waals surface area contributed by atoms with Crippen molar-refractivity contribution in [1.82, 2.24) is 34.7 Å². The van der Waals surface area contributed by atoms with E-state index in [9.17, 15) is 9.50 Å². The van der Waals surface area contributed by atoms with Crippen LogP contribution in [0.15, 0.2) is 36.9 Å². The molecule has 0 saturated carbocycles. The number of aromatic nitrogens is 4. The molecule has 35 heavy (non-hydrogen) atoms. The van der Waals surface area contributed by atoms with Crippen molar-refractivity contribution in [2.24, 2.45) is 0 Å². The molecule has 2 saturated heterocycles. The Labute approximate surface area is 205 Å². The van der Waals surface area contributed by atoms with Crippen LogP contribution in [-0.4, -0.2) is 92.3 Å². The van der Waals surface area contributed by atoms with Crippen LogP contribution in [0.1, 0.15) is 37.1 Å². The number of alkyl halides is 1. The van der Waals surface area contributed by atoms with Crippen LogP contribution in [0.5, 0.6) is 0 Å². The molecule has 1 N–H and O–H groups in total. The molecule has 3 aromatic heterocycles. The number of pyridine rings is 2. The smallest absolute Gasteiger partial charge is 0.176 e. The molecule has 0 amide bonds. The van der Waals surface area contributed by atoms with Gasteiger partial charge in [0.1, 0.15) is 18.0 Å². The molecule has 2 aliphatic rings. The summed E-state index contributed by atoms with van der Waals surface area (Å²) in [5.41, 5.74) is 2.20. The summed E-state index contributed by atoms with van der Waals surface area (Å²) >= 11 is 0. The van der Waals surface area contributed by atoms with Crippen LogP contribution in [0.4, 0.5) is 16.0 Å². The van der Waals surface area contributed by atoms with Crippen molar-refractivity contribution < 1.29 is 9.50 Å². The fraction of sp³-hybridized carbons (Fsp3) is 0.520. The molecule has 1 unspecified atom stereocenters. The van der Waals surface area contributed by atoms with Gasteiger partial charge in [0.25, 0.3) is 0 Å². The van der Waals surface area contributed by atoms with E-state index in [-0.39, 0.29) is 6.54 Å². The van der Waals surface area contributed by atoms with Crippen molar-refractivity contribution in [3.8, 4) is 0 Å². The largest absolute Gasteiger partial charge is 0.387 e. The molecule has 0 aliphatic carbocycles. The van der Waals surface area contributed by atoms with Gasteiger partial charge in [-0.3, -0.25) is 4.90 Å². The van der Waals surface area contributed by atoms with Crippen LogP contribution in [0.25, 0.3) is 10.9 Å². The molecule has 0 radical (unpaired) electrons. The highest BCUT2D eigenvalue weighted by Crippen LogP contribution is 2.35. The fourth-order valence-corrected chi connectivity index (χ4v) is 4.81. The summed E-state index contributed by atoms with van der Waals surface area (Å²) in [6.45, 7) is 7.35. The minimum Gasteiger partial charge on any atom is -0.387 e. The molecule has 0 aromatic carbocycles. The monoisotopic (exact) mass is 480 g/mol. The minimum absolute atomic E-state index is 0.248. The van der Waals surface area contributed by atoms with E-state index < -0.39 is 12.3 Å². The van der Waals surface area contributed by atoms with Gasteiger partial charge >= 0.3 is 0 Å². The molecule has 5 heterocycles. The Morgan fingerprint density at radius 2 is 2.00 bits per heavy atom. The van der Waals surface area contributed by atoms with E-state index in [0.717, 1.165) is 55.9 Å². The Morgan fingerprint density at radius 3 is 2.77 bits per heavy atom. The van der Waals surface area contributed by atoms with Gasteiger partial charge in [-0.1, -0.05) is 6.07 Å². The summed E-state index contributed by atoms with van der Waals surface area (Å²) in [5.74, 6) is 1.25. The van der Waals surface area contributed by atoms with E-state index in [2.05, 4.69) is 32.9 Å². The number of fused-ring (bicyclic) bond motifs is 1. The first-order valence-corrected chi connectivity index (χ1v) is 12.3. The summed E-state index contributed by atoms with van der Waals surface area (Å²) in [6.07, 6.45) is 4.55. The quantitative estimate of drug-likeness (QED) is 0.572. The zero-order chi connectivity index (χ0) is 24.4. The fourth-order valence-electron chi connectivity index (χ4n) is 4.81. The van der Waals surface area contributed by atoms with Gasteiger partial charge in [-0.15, -0.1) is 0 Å². The van der Waals surface area contributed by atoms with Gasteiger partial charge < -0.3 is 10.0 Å². The molecule has 2 atom stereocenters. The van der Waals surface area contributed by atoms with E-state index in [1.165, 1.54) is 6.33 Å². The normalized spacial score (nSPS) is 21.3. The first-order chi connectivity index (χ1) is 17.0. The Hall–Kier alpha value is -2.79. The van der Waals surface area contributed by atoms with Gasteiger partial charge in [-0.25, -0.2) is 34.3 Å². The summed E-state index contributed by atoms with van der Waals surface area (Å²) in [6, 6.07) is 5.83. The maximum Gasteiger partial charge on any atom is 0.176 e. The molecule has 9 nitrogen and oxygen atoms in total. The number of likely N-dealkylation sites (N-methyl/N-ethyl adjacent to an activating group) is 1. The second-order valence-electron chi connectivity index (χ2n) is 9.54. The minimum atomic E-state index is -0.933. The van der Waals surface area contributed by atoms with Crippen LogP contribution in [-0.2, 0) is 6.54 Å². The standard InChI is InChI=1S/C25H33FN8O/c1-18(35)22-13-20-14-27-17-29-23(20)25(30-22)34(33-8-4-6-21(26)16-33)24-19(5-3-7-28-24)15-32-11-9-31(2)10-12-32/h3,5,7,13-14,17-18,21,35H,4,6,8-12,15-16H2,1-2H3/t18-,21?/m1/s1. The SMILES string of the molecule is C[C@@H](O)c1cc2cncnc2c(N(c2ncccc2CN2CCN(C)CC2)N2CCCC(F)C2)n1. The molecule has 5 rings (SSSR count). The number of hydrazine groups is 1. The maximum absolute atomic E-state index is 14.7. The lowest BCUT2D eigenvalue weighted by Crippen LogP contribution is -2.48. The van der Waals surface area contributed by atoms with Crippen molar-refractivity contribution in [3.05, 3.63) is 48.2 Å². The molecule has 10 heteroatoms. The number of hydrogen-bond donors (Lipinski definition) is 1. The topological polar surface area (TPSA) is 84.8 Å². The Kier molecular flexibility index (Phi) is 7.14. The van der Waals surface area contributed by atoms with Gasteiger partial charge in [0.2, 0.25) is 0 Å². The first kappa shape index (κ1) is 23.9. The highest BCUT2D eigenvalue weighted by molar-refractivity contribution is 5.90. The summed E-state index contributed by atoms with van der Waals surface area (Å²) in [4.78, 5) is 23.1. The predicted octanol–water partition coefficient (Wildman–Crippen LogP) is 2.71. The Balaban J connectivity index is 1.63. The van der Waals surface area contributed by atoms with E-state index in [1.54, 1.807) is 25.4 Å². The number of piperazine rings is 1. The molecule has 2 fully saturated rings. The number of hydrogen-bond acceptors (Lipinski definition) is 9. The molecular weight excluding hydrogens is 447 g/mol. The van der Waals surface area contributed by atoms with Gasteiger partial charge in [-0.2, -0.15) is 0 Å². The van der Waals surface area contributed by atoms with Gasteiger partial charge in [0, 0.05) is 69.2 Å². The van der Waals surface area contributed by atoms with Crippen molar-refractivity contribution >= 4 is 22.5 Å². The number of nitrogens with zero attached hydrogens (tertiary/aromatic N) is 8. The zero-order valence-electron chi connectivity index (χ0n) is 20.4. The predicted molar refractivity (Wildman–Crippen MR) is 133 cm³/mol. The highest BCUT2D eigenvalue weighted by atomic mass is 19.1. The summed E-state index contributed by atoms with van der Waals surface area (Å²) in [5, 5.41) is 15.1. The van der Waals surface area contributed by atoms with Crippen molar-refractivity contribution in [3.63, 3.8) is 0 Å². The lowest BCUT2D eigenvalue weighted by Gasteiger charge is -2.40. The van der Waals surface area contributed by atoms with Gasteiger partial charge in [0.05, 0.1) is 11.8 Å². The first-order valence-electron chi connectivity index (χ1n) is 12.3. The van der Waals surface area contributed by atoms with E-state index in [1.807, 2.05) is 16.1 Å². The Morgan fingerprint density at radius 1 is 1.17 bits per heavy atom. The average molecular weight is 481 g/mol. The molecule has 0 spiro atoms. The van der Waals surface area contributed by atoms with E-state index in [0.29, 0.717) is 30.0 Å². The molecule has 3 aromatic rings. The van der Waals surface area contributed by atoms with Crippen molar-refractivity contribution in [1.29, 1.82) is 0 Å². The van der Waals surface area contributed by atoms with Crippen molar-refractivity contribution in [2.75, 3.05) is 51.3 Å². The third kappa shape index (κ3) is 5.25. The van der Waals surface area contributed by atoms with Crippen LogP contribution >= 0.6 is 0 Å². The van der Waals surface area contributed by atoms with Crippen LogP contribution in [0, 0.1) is 0 Å². The average Bonchev–Trinajstić information content (AvgIpc) is 2.86.